The van der Waals surface area contributed by atoms with Gasteiger partial charge in [0, 0.05) is 0 Å². The van der Waals surface area contributed by atoms with Gasteiger partial charge in [-0.2, -0.15) is 0 Å². The summed E-state index contributed by atoms with van der Waals surface area (Å²) in [7, 11) is 0. The van der Waals surface area contributed by atoms with Crippen LogP contribution < -0.4 is 3.58 Å². The quantitative estimate of drug-likeness (QED) is 0.743. The molecule has 1 rings (SSSR count). The molecule has 0 saturated heterocycles. The second kappa shape index (κ2) is 7.04. The Morgan fingerprint density at radius 1 is 1.12 bits per heavy atom. The molecular weight excluding hydrogens is 319 g/mol. The van der Waals surface area contributed by atoms with Crippen molar-refractivity contribution in [3.8, 4) is 0 Å². The van der Waals surface area contributed by atoms with Gasteiger partial charge in [0.15, 0.2) is 0 Å². The van der Waals surface area contributed by atoms with E-state index in [9.17, 15) is 4.79 Å². The van der Waals surface area contributed by atoms with Gasteiger partial charge in [-0.25, -0.2) is 0 Å². The number of benzene rings is 1. The van der Waals surface area contributed by atoms with Crippen LogP contribution in [0.2, 0.25) is 8.87 Å². The van der Waals surface area contributed by atoms with Crippen LogP contribution in [0.3, 0.4) is 0 Å². The molecule has 0 spiro atoms. The van der Waals surface area contributed by atoms with E-state index in [1.54, 1.807) is 6.92 Å². The maximum absolute atomic E-state index is 11.4. The van der Waals surface area contributed by atoms with E-state index in [4.69, 9.17) is 3.07 Å². The Bertz CT molecular complexity index is 342. The molecule has 0 N–H and O–H groups in total. The first-order valence-corrected chi connectivity index (χ1v) is 13.0. The molecule has 0 atom stereocenters. The SMILES string of the molecule is CC[CH2][Sn]([CH2]CC)([O]C(C)=O)[c]1ccccc1. The third-order valence-electron chi connectivity index (χ3n) is 2.95. The van der Waals surface area contributed by atoms with E-state index in [0.717, 1.165) is 21.7 Å². The molecule has 0 radical (unpaired) electrons. The Kier molecular flexibility index (Phi) is 6.03. The van der Waals surface area contributed by atoms with Crippen LogP contribution in [0.15, 0.2) is 30.3 Å². The molecule has 0 aliphatic carbocycles. The van der Waals surface area contributed by atoms with E-state index in [2.05, 4.69) is 38.1 Å². The number of carbonyl (C=O) groups excluding carboxylic acids is 1. The van der Waals surface area contributed by atoms with E-state index in [0.29, 0.717) is 0 Å². The van der Waals surface area contributed by atoms with Crippen LogP contribution in [0, 0.1) is 0 Å². The van der Waals surface area contributed by atoms with Gasteiger partial charge in [-0.05, 0) is 0 Å². The summed E-state index contributed by atoms with van der Waals surface area (Å²) in [4.78, 5) is 11.4. The molecule has 0 unspecified atom stereocenters. The van der Waals surface area contributed by atoms with E-state index >= 15 is 0 Å². The summed E-state index contributed by atoms with van der Waals surface area (Å²) in [5, 5.41) is 0. The van der Waals surface area contributed by atoms with Gasteiger partial charge in [0.2, 0.25) is 0 Å². The molecule has 2 nitrogen and oxygen atoms in total. The predicted molar refractivity (Wildman–Crippen MR) is 73.8 cm³/mol. The Labute approximate surface area is 109 Å². The van der Waals surface area contributed by atoms with Gasteiger partial charge >= 0.3 is 109 Å². The van der Waals surface area contributed by atoms with Gasteiger partial charge in [-0.15, -0.1) is 0 Å². The fraction of sp³-hybridized carbons (Fsp3) is 0.500. The summed E-state index contributed by atoms with van der Waals surface area (Å²) in [6.45, 7) is 5.89. The van der Waals surface area contributed by atoms with E-state index in [1.807, 2.05) is 6.07 Å². The molecule has 0 saturated carbocycles. The number of rotatable bonds is 6. The van der Waals surface area contributed by atoms with Crippen molar-refractivity contribution >= 4 is 28.3 Å². The van der Waals surface area contributed by atoms with Gasteiger partial charge < -0.3 is 0 Å². The third-order valence-corrected chi connectivity index (χ3v) is 16.3. The zero-order valence-electron chi connectivity index (χ0n) is 11.0. The first-order valence-electron chi connectivity index (χ1n) is 6.39. The van der Waals surface area contributed by atoms with Crippen LogP contribution in [0.4, 0.5) is 0 Å². The average Bonchev–Trinajstić information content (AvgIpc) is 2.30. The van der Waals surface area contributed by atoms with Crippen LogP contribution in [-0.4, -0.2) is 24.8 Å². The molecule has 1 aromatic rings. The first kappa shape index (κ1) is 14.5. The van der Waals surface area contributed by atoms with Gasteiger partial charge in [-0.3, -0.25) is 0 Å². The minimum atomic E-state index is -2.93. The Morgan fingerprint density at radius 2 is 1.65 bits per heavy atom. The van der Waals surface area contributed by atoms with Crippen LogP contribution in [0.1, 0.15) is 33.6 Å². The molecular formula is C14H22O2Sn. The van der Waals surface area contributed by atoms with Gasteiger partial charge in [0.25, 0.3) is 0 Å². The second-order valence-electron chi connectivity index (χ2n) is 4.45. The Morgan fingerprint density at radius 3 is 2.06 bits per heavy atom. The first-order chi connectivity index (χ1) is 8.14. The van der Waals surface area contributed by atoms with Crippen LogP contribution in [-0.2, 0) is 7.87 Å². The summed E-state index contributed by atoms with van der Waals surface area (Å²) in [6, 6.07) is 10.4. The topological polar surface area (TPSA) is 26.3 Å². The maximum atomic E-state index is 11.4. The van der Waals surface area contributed by atoms with Crippen molar-refractivity contribution in [3.63, 3.8) is 0 Å². The molecule has 1 aromatic carbocycles. The monoisotopic (exact) mass is 342 g/mol. The second-order valence-corrected chi connectivity index (χ2v) is 15.2. The normalized spacial score (nSPS) is 11.2. The summed E-state index contributed by atoms with van der Waals surface area (Å²) in [5.74, 6) is -0.105. The van der Waals surface area contributed by atoms with Gasteiger partial charge in [0.1, 0.15) is 0 Å². The minimum absolute atomic E-state index is 0.105. The fourth-order valence-corrected chi connectivity index (χ4v) is 14.1. The Balaban J connectivity index is 3.09. The van der Waals surface area contributed by atoms with E-state index in [-0.39, 0.29) is 5.97 Å². The summed E-state index contributed by atoms with van der Waals surface area (Å²) in [6.07, 6.45) is 2.19. The van der Waals surface area contributed by atoms with Crippen LogP contribution in [0.25, 0.3) is 0 Å². The molecule has 0 aromatic heterocycles. The number of hydrogen-bond donors (Lipinski definition) is 0. The van der Waals surface area contributed by atoms with Crippen molar-refractivity contribution in [3.05, 3.63) is 30.3 Å². The van der Waals surface area contributed by atoms with E-state index in [1.165, 1.54) is 3.58 Å². The molecule has 0 aliphatic rings. The molecule has 0 bridgehead atoms. The summed E-state index contributed by atoms with van der Waals surface area (Å²) in [5.41, 5.74) is 0. The number of hydrogen-bond acceptors (Lipinski definition) is 2. The molecule has 3 heteroatoms. The molecule has 17 heavy (non-hydrogen) atoms. The summed E-state index contributed by atoms with van der Waals surface area (Å²) >= 11 is -2.93. The van der Waals surface area contributed by atoms with Crippen LogP contribution in [0.5, 0.6) is 0 Å². The Hall–Kier alpha value is -0.511. The zero-order chi connectivity index (χ0) is 12.7. The zero-order valence-corrected chi connectivity index (χ0v) is 13.9. The molecule has 0 amide bonds. The third kappa shape index (κ3) is 4.02. The molecule has 0 fully saturated rings. The average molecular weight is 341 g/mol. The molecule has 0 aliphatic heterocycles. The predicted octanol–water partition coefficient (Wildman–Crippen LogP) is 3.22. The standard InChI is InChI=1S/C6H5.2C3H7.C2H4O2.Sn/c1-2-4-6-5-3-1;2*1-3-2;1-2(3)4;/h1-5H;2*1,3H2,2H3;1H3,(H,3,4);/q;;;;+1/p-1. The van der Waals surface area contributed by atoms with Crippen molar-refractivity contribution in [1.29, 1.82) is 0 Å². The molecule has 94 valence electrons. The van der Waals surface area contributed by atoms with Crippen molar-refractivity contribution in [2.45, 2.75) is 42.5 Å². The van der Waals surface area contributed by atoms with Gasteiger partial charge in [-0.1, -0.05) is 0 Å². The van der Waals surface area contributed by atoms with Crippen molar-refractivity contribution in [1.82, 2.24) is 0 Å². The van der Waals surface area contributed by atoms with Crippen molar-refractivity contribution in [2.75, 3.05) is 0 Å². The van der Waals surface area contributed by atoms with E-state index < -0.39 is 18.8 Å². The summed E-state index contributed by atoms with van der Waals surface area (Å²) < 4.78 is 9.37. The van der Waals surface area contributed by atoms with Crippen molar-refractivity contribution < 1.29 is 7.87 Å². The number of carbonyl (C=O) groups is 1. The van der Waals surface area contributed by atoms with Crippen LogP contribution >= 0.6 is 0 Å². The molecule has 0 heterocycles. The fourth-order valence-electron chi connectivity index (χ4n) is 2.40. The van der Waals surface area contributed by atoms with Crippen molar-refractivity contribution in [2.24, 2.45) is 0 Å². The van der Waals surface area contributed by atoms with Gasteiger partial charge in [0.05, 0.1) is 0 Å².